The van der Waals surface area contributed by atoms with E-state index < -0.39 is 11.9 Å². The summed E-state index contributed by atoms with van der Waals surface area (Å²) in [5.41, 5.74) is -1.05. The number of likely N-dealkylation sites (N-methyl/N-ethyl adjacent to an activating group) is 1. The Morgan fingerprint density at radius 1 is 1.22 bits per heavy atom. The van der Waals surface area contributed by atoms with Crippen LogP contribution >= 0.6 is 0 Å². The van der Waals surface area contributed by atoms with Crippen molar-refractivity contribution in [3.63, 3.8) is 0 Å². The van der Waals surface area contributed by atoms with Gasteiger partial charge in [0, 0.05) is 12.1 Å². The predicted molar refractivity (Wildman–Crippen MR) is 65.5 cm³/mol. The molecule has 0 unspecified atom stereocenters. The van der Waals surface area contributed by atoms with Gasteiger partial charge in [0.15, 0.2) is 0 Å². The predicted octanol–water partition coefficient (Wildman–Crippen LogP) is 2.85. The molecule has 0 spiro atoms. The van der Waals surface area contributed by atoms with E-state index in [9.17, 15) is 13.2 Å². The normalized spacial score (nSPS) is 12.9. The van der Waals surface area contributed by atoms with Gasteiger partial charge in [-0.15, -0.1) is 0 Å². The Kier molecular flexibility index (Phi) is 4.21. The molecule has 0 amide bonds. The lowest BCUT2D eigenvalue weighted by Crippen LogP contribution is -2.44. The van der Waals surface area contributed by atoms with Gasteiger partial charge in [-0.3, -0.25) is 0 Å². The van der Waals surface area contributed by atoms with Gasteiger partial charge in [-0.2, -0.15) is 13.2 Å². The summed E-state index contributed by atoms with van der Waals surface area (Å²) in [6, 6.07) is 3.84. The van der Waals surface area contributed by atoms with Crippen molar-refractivity contribution in [2.45, 2.75) is 25.6 Å². The van der Waals surface area contributed by atoms with Crippen molar-refractivity contribution in [3.05, 3.63) is 23.9 Å². The number of halogens is 3. The Labute approximate surface area is 105 Å². The van der Waals surface area contributed by atoms with Crippen LogP contribution in [0.15, 0.2) is 18.2 Å². The topological polar surface area (TPSA) is 28.2 Å². The molecule has 0 aliphatic carbocycles. The van der Waals surface area contributed by atoms with Crippen LogP contribution in [0.5, 0.6) is 0 Å². The minimum Gasteiger partial charge on any atom is -0.368 e. The van der Waals surface area contributed by atoms with Crippen LogP contribution in [-0.4, -0.2) is 36.1 Å². The van der Waals surface area contributed by atoms with Gasteiger partial charge in [0.1, 0.15) is 11.5 Å². The minimum atomic E-state index is -4.41. The Hall–Kier alpha value is -1.30. The summed E-state index contributed by atoms with van der Waals surface area (Å²) >= 11 is 0. The van der Waals surface area contributed by atoms with E-state index in [1.807, 2.05) is 32.8 Å². The first-order chi connectivity index (χ1) is 8.13. The van der Waals surface area contributed by atoms with Crippen molar-refractivity contribution in [1.29, 1.82) is 0 Å². The highest BCUT2D eigenvalue weighted by Gasteiger charge is 2.32. The van der Waals surface area contributed by atoms with Gasteiger partial charge in [-0.05, 0) is 40.1 Å². The quantitative estimate of drug-likeness (QED) is 0.903. The molecular formula is C12H18F3N3. The van der Waals surface area contributed by atoms with Crippen molar-refractivity contribution in [2.24, 2.45) is 0 Å². The fourth-order valence-electron chi connectivity index (χ4n) is 1.16. The van der Waals surface area contributed by atoms with Crippen molar-refractivity contribution >= 4 is 5.82 Å². The van der Waals surface area contributed by atoms with Gasteiger partial charge >= 0.3 is 6.18 Å². The highest BCUT2D eigenvalue weighted by molar-refractivity contribution is 5.36. The third-order valence-electron chi connectivity index (χ3n) is 2.95. The van der Waals surface area contributed by atoms with E-state index >= 15 is 0 Å². The second-order valence-electron chi connectivity index (χ2n) is 4.97. The first-order valence-electron chi connectivity index (χ1n) is 5.58. The monoisotopic (exact) mass is 261 g/mol. The maximum atomic E-state index is 12.5. The standard InChI is InChI=1S/C12H18F3N3/c1-11(2,18(3)4)8-16-10-7-5-6-9(17-10)12(13,14)15/h5-7H,8H2,1-4H3,(H,16,17). The molecule has 6 heteroatoms. The molecule has 18 heavy (non-hydrogen) atoms. The van der Waals surface area contributed by atoms with Gasteiger partial charge in [-0.1, -0.05) is 6.07 Å². The van der Waals surface area contributed by atoms with Crippen LogP contribution in [0, 0.1) is 0 Å². The summed E-state index contributed by atoms with van der Waals surface area (Å²) < 4.78 is 37.4. The maximum Gasteiger partial charge on any atom is 0.433 e. The summed E-state index contributed by atoms with van der Waals surface area (Å²) in [5.74, 6) is 0.236. The SMILES string of the molecule is CN(C)C(C)(C)CNc1cccc(C(F)(F)F)n1. The Balaban J connectivity index is 2.75. The summed E-state index contributed by atoms with van der Waals surface area (Å²) in [6.45, 7) is 4.50. The zero-order valence-electron chi connectivity index (χ0n) is 11.0. The van der Waals surface area contributed by atoms with Crippen LogP contribution in [0.4, 0.5) is 19.0 Å². The molecular weight excluding hydrogens is 243 g/mol. The fourth-order valence-corrected chi connectivity index (χ4v) is 1.16. The molecule has 0 bridgehead atoms. The second kappa shape index (κ2) is 5.14. The lowest BCUT2D eigenvalue weighted by molar-refractivity contribution is -0.141. The maximum absolute atomic E-state index is 12.5. The number of pyridine rings is 1. The van der Waals surface area contributed by atoms with Crippen LogP contribution in [0.2, 0.25) is 0 Å². The Morgan fingerprint density at radius 3 is 2.33 bits per heavy atom. The number of anilines is 1. The van der Waals surface area contributed by atoms with E-state index in [0.717, 1.165) is 6.07 Å². The largest absolute Gasteiger partial charge is 0.433 e. The highest BCUT2D eigenvalue weighted by atomic mass is 19.4. The number of nitrogens with one attached hydrogen (secondary N) is 1. The molecule has 3 nitrogen and oxygen atoms in total. The zero-order valence-corrected chi connectivity index (χ0v) is 11.0. The van der Waals surface area contributed by atoms with Gasteiger partial charge < -0.3 is 10.2 Å². The zero-order chi connectivity index (χ0) is 14.0. The van der Waals surface area contributed by atoms with Crippen LogP contribution in [-0.2, 0) is 6.18 Å². The molecule has 1 aromatic heterocycles. The van der Waals surface area contributed by atoms with Crippen LogP contribution in [0.3, 0.4) is 0 Å². The number of aromatic nitrogens is 1. The average Bonchev–Trinajstić information content (AvgIpc) is 2.25. The lowest BCUT2D eigenvalue weighted by atomic mass is 10.0. The Morgan fingerprint density at radius 2 is 1.83 bits per heavy atom. The third kappa shape index (κ3) is 3.87. The molecule has 0 aliphatic rings. The van der Waals surface area contributed by atoms with E-state index in [2.05, 4.69) is 10.3 Å². The first-order valence-corrected chi connectivity index (χ1v) is 5.58. The molecule has 0 saturated heterocycles. The summed E-state index contributed by atoms with van der Waals surface area (Å²) in [4.78, 5) is 5.55. The van der Waals surface area contributed by atoms with E-state index in [1.165, 1.54) is 12.1 Å². The minimum absolute atomic E-state index is 0.171. The number of nitrogens with zero attached hydrogens (tertiary/aromatic N) is 2. The molecule has 1 N–H and O–H groups in total. The Bertz CT molecular complexity index is 400. The molecule has 1 rings (SSSR count). The molecule has 0 atom stereocenters. The van der Waals surface area contributed by atoms with Crippen molar-refractivity contribution in [2.75, 3.05) is 26.0 Å². The van der Waals surface area contributed by atoms with E-state index in [0.29, 0.717) is 6.54 Å². The lowest BCUT2D eigenvalue weighted by Gasteiger charge is -2.32. The summed E-state index contributed by atoms with van der Waals surface area (Å²) in [5, 5.41) is 2.93. The summed E-state index contributed by atoms with van der Waals surface area (Å²) in [6.07, 6.45) is -4.41. The van der Waals surface area contributed by atoms with Crippen molar-refractivity contribution in [1.82, 2.24) is 9.88 Å². The van der Waals surface area contributed by atoms with E-state index in [4.69, 9.17) is 0 Å². The number of rotatable bonds is 4. The number of hydrogen-bond acceptors (Lipinski definition) is 3. The molecule has 102 valence electrons. The number of alkyl halides is 3. The van der Waals surface area contributed by atoms with Crippen molar-refractivity contribution in [3.8, 4) is 0 Å². The average molecular weight is 261 g/mol. The van der Waals surface area contributed by atoms with Crippen molar-refractivity contribution < 1.29 is 13.2 Å². The highest BCUT2D eigenvalue weighted by Crippen LogP contribution is 2.28. The smallest absolute Gasteiger partial charge is 0.368 e. The van der Waals surface area contributed by atoms with Gasteiger partial charge in [-0.25, -0.2) is 4.98 Å². The van der Waals surface area contributed by atoms with Gasteiger partial charge in [0.05, 0.1) is 0 Å². The fraction of sp³-hybridized carbons (Fsp3) is 0.583. The van der Waals surface area contributed by atoms with Crippen LogP contribution < -0.4 is 5.32 Å². The van der Waals surface area contributed by atoms with Crippen LogP contribution in [0.25, 0.3) is 0 Å². The molecule has 0 radical (unpaired) electrons. The molecule has 1 heterocycles. The molecule has 0 aromatic carbocycles. The molecule has 0 saturated carbocycles. The third-order valence-corrected chi connectivity index (χ3v) is 2.95. The van der Waals surface area contributed by atoms with Gasteiger partial charge in [0.2, 0.25) is 0 Å². The van der Waals surface area contributed by atoms with Crippen LogP contribution in [0.1, 0.15) is 19.5 Å². The first kappa shape index (κ1) is 14.8. The van der Waals surface area contributed by atoms with E-state index in [-0.39, 0.29) is 11.4 Å². The molecule has 1 aromatic rings. The van der Waals surface area contributed by atoms with Gasteiger partial charge in [0.25, 0.3) is 0 Å². The molecule has 0 fully saturated rings. The summed E-state index contributed by atoms with van der Waals surface area (Å²) in [7, 11) is 3.84. The number of hydrogen-bond donors (Lipinski definition) is 1. The molecule has 0 aliphatic heterocycles. The second-order valence-corrected chi connectivity index (χ2v) is 4.97. The van der Waals surface area contributed by atoms with E-state index in [1.54, 1.807) is 0 Å².